The normalized spacial score (nSPS) is 23.4. The summed E-state index contributed by atoms with van der Waals surface area (Å²) < 4.78 is 0.659. The van der Waals surface area contributed by atoms with Crippen molar-refractivity contribution in [1.29, 1.82) is 0 Å². The van der Waals surface area contributed by atoms with Gasteiger partial charge in [0.1, 0.15) is 11.9 Å². The van der Waals surface area contributed by atoms with Crippen molar-refractivity contribution in [3.8, 4) is 0 Å². The highest BCUT2D eigenvalue weighted by Gasteiger charge is 2.31. The molecule has 0 aromatic carbocycles. The summed E-state index contributed by atoms with van der Waals surface area (Å²) in [5.41, 5.74) is 6.40. The van der Waals surface area contributed by atoms with Crippen LogP contribution in [0, 0.1) is 16.0 Å². The number of pyridine rings is 1. The van der Waals surface area contributed by atoms with Gasteiger partial charge in [0.2, 0.25) is 0 Å². The van der Waals surface area contributed by atoms with Gasteiger partial charge in [-0.05, 0) is 48.2 Å². The Hall–Kier alpha value is -1.21. The lowest BCUT2D eigenvalue weighted by molar-refractivity contribution is -0.384. The predicted molar refractivity (Wildman–Crippen MR) is 77.2 cm³/mol. The molecule has 1 aromatic rings. The minimum absolute atomic E-state index is 0.0406. The first-order valence-electron chi connectivity index (χ1n) is 6.29. The molecule has 1 saturated heterocycles. The lowest BCUT2D eigenvalue weighted by Gasteiger charge is -2.39. The second-order valence-corrected chi connectivity index (χ2v) is 5.78. The van der Waals surface area contributed by atoms with Gasteiger partial charge in [0.25, 0.3) is 0 Å². The summed E-state index contributed by atoms with van der Waals surface area (Å²) in [6.45, 7) is 3.45. The third-order valence-corrected chi connectivity index (χ3v) is 4.23. The number of aromatic nitrogens is 1. The number of nitro groups is 1. The fraction of sp³-hybridized carbons (Fsp3) is 0.583. The van der Waals surface area contributed by atoms with E-state index in [4.69, 9.17) is 5.73 Å². The summed E-state index contributed by atoms with van der Waals surface area (Å²) in [5, 5.41) is 11.2. The Balaban J connectivity index is 2.41. The summed E-state index contributed by atoms with van der Waals surface area (Å²) in [5.74, 6) is 0.385. The monoisotopic (exact) mass is 328 g/mol. The largest absolute Gasteiger partial charge is 0.362 e. The first-order valence-corrected chi connectivity index (χ1v) is 7.08. The summed E-state index contributed by atoms with van der Waals surface area (Å²) in [6.07, 6.45) is 4.97. The fourth-order valence-corrected chi connectivity index (χ4v) is 3.07. The standard InChI is InChI=1S/C12H17BrN4O2/c1-8-2-3-9(4-14)7-16(8)12-10(13)5-15-6-11(12)17(18)19/h5-6,8-9H,2-4,7,14H2,1H3. The van der Waals surface area contributed by atoms with Crippen LogP contribution in [0.3, 0.4) is 0 Å². The molecule has 2 rings (SSSR count). The Morgan fingerprint density at radius 1 is 1.58 bits per heavy atom. The Bertz CT molecular complexity index is 483. The molecule has 2 atom stereocenters. The molecule has 6 nitrogen and oxygen atoms in total. The number of nitrogens with zero attached hydrogens (tertiary/aromatic N) is 3. The fourth-order valence-electron chi connectivity index (χ4n) is 2.52. The molecular weight excluding hydrogens is 312 g/mol. The summed E-state index contributed by atoms with van der Waals surface area (Å²) in [7, 11) is 0. The van der Waals surface area contributed by atoms with E-state index in [2.05, 4.69) is 32.7 Å². The topological polar surface area (TPSA) is 85.3 Å². The second kappa shape index (κ2) is 5.83. The Kier molecular flexibility index (Phi) is 4.36. The number of anilines is 1. The molecular formula is C12H17BrN4O2. The third-order valence-electron chi connectivity index (χ3n) is 3.65. The van der Waals surface area contributed by atoms with Gasteiger partial charge in [0.05, 0.1) is 9.40 Å². The number of hydrogen-bond donors (Lipinski definition) is 1. The van der Waals surface area contributed by atoms with Gasteiger partial charge in [0, 0.05) is 18.8 Å². The lowest BCUT2D eigenvalue weighted by Crippen LogP contribution is -2.44. The van der Waals surface area contributed by atoms with Crippen LogP contribution in [0.2, 0.25) is 0 Å². The van der Waals surface area contributed by atoms with E-state index in [0.29, 0.717) is 22.6 Å². The van der Waals surface area contributed by atoms with E-state index < -0.39 is 0 Å². The van der Waals surface area contributed by atoms with Crippen LogP contribution >= 0.6 is 15.9 Å². The van der Waals surface area contributed by atoms with Crippen LogP contribution in [-0.2, 0) is 0 Å². The zero-order valence-electron chi connectivity index (χ0n) is 10.8. The SMILES string of the molecule is CC1CCC(CN)CN1c1c(Br)cncc1[N+](=O)[O-]. The molecule has 2 unspecified atom stereocenters. The van der Waals surface area contributed by atoms with Crippen molar-refractivity contribution in [1.82, 2.24) is 4.98 Å². The van der Waals surface area contributed by atoms with Gasteiger partial charge in [-0.25, -0.2) is 0 Å². The van der Waals surface area contributed by atoms with E-state index in [1.807, 2.05) is 0 Å². The number of halogens is 1. The molecule has 7 heteroatoms. The maximum absolute atomic E-state index is 11.2. The molecule has 19 heavy (non-hydrogen) atoms. The first-order chi connectivity index (χ1) is 9.04. The number of rotatable bonds is 3. The second-order valence-electron chi connectivity index (χ2n) is 4.93. The van der Waals surface area contributed by atoms with Crippen molar-refractivity contribution < 1.29 is 4.92 Å². The molecule has 0 spiro atoms. The van der Waals surface area contributed by atoms with Crippen molar-refractivity contribution in [2.45, 2.75) is 25.8 Å². The Labute approximate surface area is 120 Å². The highest BCUT2D eigenvalue weighted by molar-refractivity contribution is 9.10. The van der Waals surface area contributed by atoms with Crippen molar-refractivity contribution in [2.75, 3.05) is 18.0 Å². The number of nitrogens with two attached hydrogens (primary N) is 1. The molecule has 104 valence electrons. The van der Waals surface area contributed by atoms with E-state index in [-0.39, 0.29) is 16.7 Å². The van der Waals surface area contributed by atoms with Crippen LogP contribution in [0.25, 0.3) is 0 Å². The minimum atomic E-state index is -0.383. The molecule has 0 radical (unpaired) electrons. The van der Waals surface area contributed by atoms with Crippen molar-refractivity contribution >= 4 is 27.3 Å². The van der Waals surface area contributed by atoms with Gasteiger partial charge in [-0.2, -0.15) is 0 Å². The third kappa shape index (κ3) is 2.87. The average Bonchev–Trinajstić information content (AvgIpc) is 2.39. The highest BCUT2D eigenvalue weighted by Crippen LogP contribution is 2.38. The van der Waals surface area contributed by atoms with Crippen molar-refractivity contribution in [3.63, 3.8) is 0 Å². The molecule has 2 N–H and O–H groups in total. The molecule has 0 amide bonds. The first kappa shape index (κ1) is 14.2. The smallest absolute Gasteiger partial charge is 0.311 e. The van der Waals surface area contributed by atoms with Gasteiger partial charge < -0.3 is 10.6 Å². The van der Waals surface area contributed by atoms with E-state index >= 15 is 0 Å². The van der Waals surface area contributed by atoms with Crippen LogP contribution in [0.15, 0.2) is 16.9 Å². The highest BCUT2D eigenvalue weighted by atomic mass is 79.9. The quantitative estimate of drug-likeness (QED) is 0.679. The van der Waals surface area contributed by atoms with Crippen molar-refractivity contribution in [2.24, 2.45) is 11.7 Å². The molecule has 1 aromatic heterocycles. The van der Waals surface area contributed by atoms with Gasteiger partial charge >= 0.3 is 5.69 Å². The van der Waals surface area contributed by atoms with E-state index in [1.165, 1.54) is 6.20 Å². The molecule has 0 bridgehead atoms. The zero-order chi connectivity index (χ0) is 14.0. The molecule has 0 aliphatic carbocycles. The maximum Gasteiger partial charge on any atom is 0.311 e. The maximum atomic E-state index is 11.2. The van der Waals surface area contributed by atoms with E-state index in [1.54, 1.807) is 6.20 Å². The van der Waals surface area contributed by atoms with Crippen LogP contribution in [0.4, 0.5) is 11.4 Å². The van der Waals surface area contributed by atoms with Crippen molar-refractivity contribution in [3.05, 3.63) is 27.0 Å². The van der Waals surface area contributed by atoms with E-state index in [9.17, 15) is 10.1 Å². The zero-order valence-corrected chi connectivity index (χ0v) is 12.3. The molecule has 1 fully saturated rings. The Morgan fingerprint density at radius 3 is 2.95 bits per heavy atom. The van der Waals surface area contributed by atoms with E-state index in [0.717, 1.165) is 19.4 Å². The van der Waals surface area contributed by atoms with Crippen LogP contribution < -0.4 is 10.6 Å². The van der Waals surface area contributed by atoms with Gasteiger partial charge in [0.15, 0.2) is 0 Å². The van der Waals surface area contributed by atoms with Gasteiger partial charge in [-0.3, -0.25) is 15.1 Å². The molecule has 1 aliphatic heterocycles. The molecule has 0 saturated carbocycles. The minimum Gasteiger partial charge on any atom is -0.362 e. The van der Waals surface area contributed by atoms with Gasteiger partial charge in [-0.15, -0.1) is 0 Å². The number of hydrogen-bond acceptors (Lipinski definition) is 5. The lowest BCUT2D eigenvalue weighted by atomic mass is 9.93. The van der Waals surface area contributed by atoms with Gasteiger partial charge in [-0.1, -0.05) is 0 Å². The molecule has 2 heterocycles. The number of piperidine rings is 1. The average molecular weight is 329 g/mol. The summed E-state index contributed by atoms with van der Waals surface area (Å²) in [4.78, 5) is 16.7. The summed E-state index contributed by atoms with van der Waals surface area (Å²) in [6, 6.07) is 0.264. The predicted octanol–water partition coefficient (Wildman–Crippen LogP) is 2.32. The van der Waals surface area contributed by atoms with Crippen LogP contribution in [-0.4, -0.2) is 29.0 Å². The van der Waals surface area contributed by atoms with Crippen LogP contribution in [0.5, 0.6) is 0 Å². The summed E-state index contributed by atoms with van der Waals surface area (Å²) >= 11 is 3.38. The Morgan fingerprint density at radius 2 is 2.32 bits per heavy atom. The molecule has 1 aliphatic rings. The van der Waals surface area contributed by atoms with Crippen LogP contribution in [0.1, 0.15) is 19.8 Å².